The molecule has 1 amide bonds. The molecule has 2 heterocycles. The van der Waals surface area contributed by atoms with Crippen LogP contribution in [0.25, 0.3) is 0 Å². The molecule has 2 N–H and O–H groups in total. The van der Waals surface area contributed by atoms with Gasteiger partial charge in [-0.15, -0.1) is 0 Å². The van der Waals surface area contributed by atoms with Gasteiger partial charge in [0.2, 0.25) is 0 Å². The third kappa shape index (κ3) is 2.47. The Hall–Kier alpha value is -1.83. The van der Waals surface area contributed by atoms with E-state index in [0.717, 1.165) is 5.75 Å². The van der Waals surface area contributed by atoms with Crippen LogP contribution in [0.15, 0.2) is 11.2 Å². The second-order valence-corrected chi connectivity index (χ2v) is 4.44. The molecule has 0 fully saturated rings. The van der Waals surface area contributed by atoms with Crippen LogP contribution in [0.4, 0.5) is 0 Å². The molecule has 1 aliphatic rings. The molecule has 0 unspecified atom stereocenters. The van der Waals surface area contributed by atoms with Gasteiger partial charge in [-0.3, -0.25) is 14.5 Å². The number of aromatic nitrogens is 2. The van der Waals surface area contributed by atoms with Crippen LogP contribution >= 0.6 is 11.8 Å². The summed E-state index contributed by atoms with van der Waals surface area (Å²) in [5.74, 6) is -0.894. The van der Waals surface area contributed by atoms with Crippen LogP contribution in [0, 0.1) is 0 Å². The van der Waals surface area contributed by atoms with E-state index in [0.29, 0.717) is 11.7 Å². The molecule has 0 aromatic carbocycles. The minimum Gasteiger partial charge on any atom is -0.476 e. The lowest BCUT2D eigenvalue weighted by atomic mass is 10.2. The van der Waals surface area contributed by atoms with Gasteiger partial charge < -0.3 is 10.4 Å². The Morgan fingerprint density at radius 3 is 2.94 bits per heavy atom. The molecule has 8 heteroatoms. The molecule has 0 spiro atoms. The van der Waals surface area contributed by atoms with Gasteiger partial charge in [0, 0.05) is 19.0 Å². The lowest BCUT2D eigenvalue weighted by molar-refractivity contribution is 0.0684. The SMILES string of the molecule is Cn1cc(C(=O)NC2=NCCS2)c(C(=O)O)n1. The minimum atomic E-state index is -1.23. The lowest BCUT2D eigenvalue weighted by Crippen LogP contribution is -2.28. The molecule has 0 atom stereocenters. The fourth-order valence-electron chi connectivity index (χ4n) is 1.39. The van der Waals surface area contributed by atoms with Gasteiger partial charge in [-0.1, -0.05) is 11.8 Å². The van der Waals surface area contributed by atoms with E-state index in [2.05, 4.69) is 15.4 Å². The highest BCUT2D eigenvalue weighted by atomic mass is 32.2. The third-order valence-corrected chi connectivity index (χ3v) is 2.97. The van der Waals surface area contributed by atoms with Gasteiger partial charge in [-0.05, 0) is 0 Å². The summed E-state index contributed by atoms with van der Waals surface area (Å²) < 4.78 is 1.29. The van der Waals surface area contributed by atoms with E-state index in [1.54, 1.807) is 7.05 Å². The maximum Gasteiger partial charge on any atom is 0.357 e. The zero-order valence-corrected chi connectivity index (χ0v) is 9.82. The highest BCUT2D eigenvalue weighted by Crippen LogP contribution is 2.11. The van der Waals surface area contributed by atoms with Crippen molar-refractivity contribution in [3.8, 4) is 0 Å². The fourth-order valence-corrected chi connectivity index (χ4v) is 2.11. The molecule has 0 aliphatic carbocycles. The molecule has 2 rings (SSSR count). The molecular weight excluding hydrogens is 244 g/mol. The van der Waals surface area contributed by atoms with Crippen molar-refractivity contribution in [1.29, 1.82) is 0 Å². The quantitative estimate of drug-likeness (QED) is 0.771. The second-order valence-electron chi connectivity index (χ2n) is 3.36. The van der Waals surface area contributed by atoms with E-state index in [1.165, 1.54) is 22.6 Å². The number of aliphatic imine (C=N–C) groups is 1. The predicted molar refractivity (Wildman–Crippen MR) is 62.4 cm³/mol. The summed E-state index contributed by atoms with van der Waals surface area (Å²) in [6.45, 7) is 0.666. The van der Waals surface area contributed by atoms with E-state index in [-0.39, 0.29) is 11.3 Å². The van der Waals surface area contributed by atoms with Gasteiger partial charge in [0.05, 0.1) is 12.1 Å². The molecule has 1 aliphatic heterocycles. The Morgan fingerprint density at radius 1 is 1.59 bits per heavy atom. The van der Waals surface area contributed by atoms with Crippen molar-refractivity contribution in [2.75, 3.05) is 12.3 Å². The number of carboxylic acid groups (broad SMARTS) is 1. The standard InChI is InChI=1S/C9H10N4O3S/c1-13-4-5(6(12-13)8(15)16)7(14)11-9-10-2-3-17-9/h4H,2-3H2,1H3,(H,15,16)(H,10,11,14). The molecule has 0 saturated carbocycles. The number of hydrogen-bond donors (Lipinski definition) is 2. The van der Waals surface area contributed by atoms with E-state index in [1.807, 2.05) is 0 Å². The Kier molecular flexibility index (Phi) is 3.14. The first-order valence-corrected chi connectivity index (χ1v) is 5.82. The van der Waals surface area contributed by atoms with Gasteiger partial charge in [0.1, 0.15) is 0 Å². The van der Waals surface area contributed by atoms with E-state index in [4.69, 9.17) is 5.11 Å². The Labute approximate surface area is 101 Å². The van der Waals surface area contributed by atoms with E-state index >= 15 is 0 Å². The summed E-state index contributed by atoms with van der Waals surface area (Å²) >= 11 is 1.43. The van der Waals surface area contributed by atoms with E-state index in [9.17, 15) is 9.59 Å². The number of carboxylic acids is 1. The van der Waals surface area contributed by atoms with Crippen molar-refractivity contribution < 1.29 is 14.7 Å². The molecule has 0 bridgehead atoms. The van der Waals surface area contributed by atoms with Crippen LogP contribution in [0.2, 0.25) is 0 Å². The maximum absolute atomic E-state index is 11.8. The first-order chi connectivity index (χ1) is 8.08. The molecule has 0 saturated heterocycles. The number of rotatable bonds is 2. The van der Waals surface area contributed by atoms with Gasteiger partial charge in [0.25, 0.3) is 5.91 Å². The number of amides is 1. The number of nitrogens with zero attached hydrogens (tertiary/aromatic N) is 3. The lowest BCUT2D eigenvalue weighted by Gasteiger charge is -2.01. The summed E-state index contributed by atoms with van der Waals surface area (Å²) in [7, 11) is 1.56. The van der Waals surface area contributed by atoms with Crippen molar-refractivity contribution in [3.05, 3.63) is 17.5 Å². The highest BCUT2D eigenvalue weighted by molar-refractivity contribution is 8.14. The van der Waals surface area contributed by atoms with Crippen LogP contribution in [0.5, 0.6) is 0 Å². The van der Waals surface area contributed by atoms with Crippen LogP contribution < -0.4 is 5.32 Å². The highest BCUT2D eigenvalue weighted by Gasteiger charge is 2.22. The van der Waals surface area contributed by atoms with Gasteiger partial charge >= 0.3 is 5.97 Å². The van der Waals surface area contributed by atoms with Crippen molar-refractivity contribution in [2.24, 2.45) is 12.0 Å². The van der Waals surface area contributed by atoms with Gasteiger partial charge in [0.15, 0.2) is 10.9 Å². The first kappa shape index (κ1) is 11.6. The molecule has 0 radical (unpaired) electrons. The monoisotopic (exact) mass is 254 g/mol. The number of carbonyl (C=O) groups excluding carboxylic acids is 1. The number of hydrogen-bond acceptors (Lipinski definition) is 5. The molecule has 1 aromatic rings. The summed E-state index contributed by atoms with van der Waals surface area (Å²) in [5, 5.41) is 15.7. The number of nitrogens with one attached hydrogen (secondary N) is 1. The maximum atomic E-state index is 11.8. The number of thioether (sulfide) groups is 1. The average molecular weight is 254 g/mol. The van der Waals surface area contributed by atoms with E-state index < -0.39 is 11.9 Å². The average Bonchev–Trinajstić information content (AvgIpc) is 2.86. The smallest absolute Gasteiger partial charge is 0.357 e. The predicted octanol–water partition coefficient (Wildman–Crippen LogP) is -0.0491. The zero-order chi connectivity index (χ0) is 12.4. The summed E-state index contributed by atoms with van der Waals surface area (Å²) in [4.78, 5) is 26.8. The first-order valence-electron chi connectivity index (χ1n) is 4.83. The Morgan fingerprint density at radius 2 is 2.35 bits per heavy atom. The topological polar surface area (TPSA) is 96.6 Å². The number of carbonyl (C=O) groups is 2. The summed E-state index contributed by atoms with van der Waals surface area (Å²) in [6, 6.07) is 0. The molecule has 7 nitrogen and oxygen atoms in total. The molecule has 17 heavy (non-hydrogen) atoms. The summed E-state index contributed by atoms with van der Waals surface area (Å²) in [6.07, 6.45) is 1.37. The van der Waals surface area contributed by atoms with Crippen molar-refractivity contribution in [2.45, 2.75) is 0 Å². The van der Waals surface area contributed by atoms with Crippen LogP contribution in [0.1, 0.15) is 20.8 Å². The van der Waals surface area contributed by atoms with Gasteiger partial charge in [-0.25, -0.2) is 4.79 Å². The fraction of sp³-hybridized carbons (Fsp3) is 0.333. The van der Waals surface area contributed by atoms with Crippen LogP contribution in [0.3, 0.4) is 0 Å². The Balaban J connectivity index is 2.21. The number of amidine groups is 1. The second kappa shape index (κ2) is 4.58. The van der Waals surface area contributed by atoms with Crippen molar-refractivity contribution in [1.82, 2.24) is 15.1 Å². The van der Waals surface area contributed by atoms with Crippen molar-refractivity contribution in [3.63, 3.8) is 0 Å². The Bertz CT molecular complexity index is 508. The molecular formula is C9H10N4O3S. The summed E-state index contributed by atoms with van der Waals surface area (Å²) in [5.41, 5.74) is -0.219. The third-order valence-electron chi connectivity index (χ3n) is 2.08. The zero-order valence-electron chi connectivity index (χ0n) is 9.01. The largest absolute Gasteiger partial charge is 0.476 e. The molecule has 1 aromatic heterocycles. The minimum absolute atomic E-state index is 0.0372. The number of aryl methyl sites for hydroxylation is 1. The number of aromatic carboxylic acids is 1. The van der Waals surface area contributed by atoms with Gasteiger partial charge in [-0.2, -0.15) is 5.10 Å². The van der Waals surface area contributed by atoms with Crippen LogP contribution in [-0.4, -0.2) is 44.2 Å². The normalized spacial score (nSPS) is 14.5. The van der Waals surface area contributed by atoms with Crippen LogP contribution in [-0.2, 0) is 7.05 Å². The van der Waals surface area contributed by atoms with Crippen molar-refractivity contribution >= 4 is 28.8 Å². The molecule has 90 valence electrons.